The summed E-state index contributed by atoms with van der Waals surface area (Å²) in [5.41, 5.74) is 1.19. The number of benzene rings is 1. The van der Waals surface area contributed by atoms with Crippen LogP contribution in [-0.4, -0.2) is 18.1 Å². The van der Waals surface area contributed by atoms with Gasteiger partial charge in [-0.3, -0.25) is 4.79 Å². The summed E-state index contributed by atoms with van der Waals surface area (Å²) in [4.78, 5) is 12.4. The predicted molar refractivity (Wildman–Crippen MR) is 93.4 cm³/mol. The molecule has 0 aliphatic heterocycles. The van der Waals surface area contributed by atoms with Gasteiger partial charge in [-0.15, -0.1) is 0 Å². The average molecular weight is 378 g/mol. The number of carbonyl (C=O) groups excluding carboxylic acids is 1. The fraction of sp³-hybridized carbons (Fsp3) is 0.632. The molecule has 4 fully saturated rings. The topological polar surface area (TPSA) is 38.3 Å². The van der Waals surface area contributed by atoms with Crippen LogP contribution in [0.4, 0.5) is 0 Å². The Morgan fingerprint density at radius 2 is 1.83 bits per heavy atom. The number of halogens is 1. The lowest BCUT2D eigenvalue weighted by molar-refractivity contribution is -0.128. The zero-order chi connectivity index (χ0) is 16.0. The molecule has 4 aliphatic carbocycles. The monoisotopic (exact) mass is 377 g/mol. The van der Waals surface area contributed by atoms with E-state index in [2.05, 4.69) is 21.2 Å². The molecule has 0 spiro atoms. The smallest absolute Gasteiger partial charge is 0.258 e. The van der Waals surface area contributed by atoms with Crippen molar-refractivity contribution in [3.8, 4) is 5.75 Å². The van der Waals surface area contributed by atoms with E-state index in [-0.39, 0.29) is 18.1 Å². The number of amides is 1. The third kappa shape index (κ3) is 3.15. The fourth-order valence-electron chi connectivity index (χ4n) is 5.45. The lowest BCUT2D eigenvalue weighted by Gasteiger charge is -2.56. The number of nitrogens with one attached hydrogen (secondary N) is 1. The molecule has 3 nitrogen and oxygen atoms in total. The molecule has 1 aromatic carbocycles. The van der Waals surface area contributed by atoms with Gasteiger partial charge >= 0.3 is 0 Å². The van der Waals surface area contributed by atoms with Crippen molar-refractivity contribution in [2.75, 3.05) is 6.61 Å². The van der Waals surface area contributed by atoms with Crippen LogP contribution >= 0.6 is 15.9 Å². The molecule has 0 unspecified atom stereocenters. The second-order valence-electron chi connectivity index (χ2n) is 7.95. The highest BCUT2D eigenvalue weighted by molar-refractivity contribution is 9.10. The van der Waals surface area contributed by atoms with Gasteiger partial charge in [0, 0.05) is 10.0 Å². The van der Waals surface area contributed by atoms with Crippen LogP contribution in [0.1, 0.15) is 44.1 Å². The van der Waals surface area contributed by atoms with Crippen LogP contribution < -0.4 is 10.1 Å². The molecule has 1 amide bonds. The highest BCUT2D eigenvalue weighted by Gasteiger charge is 2.51. The molecule has 0 aromatic heterocycles. The van der Waals surface area contributed by atoms with Gasteiger partial charge in [0.05, 0.1) is 0 Å². The van der Waals surface area contributed by atoms with E-state index in [1.54, 1.807) is 0 Å². The van der Waals surface area contributed by atoms with E-state index in [4.69, 9.17) is 4.74 Å². The molecular formula is C19H24BrNO2. The van der Waals surface area contributed by atoms with E-state index in [0.717, 1.165) is 33.5 Å². The van der Waals surface area contributed by atoms with Crippen LogP contribution in [0.2, 0.25) is 0 Å². The Balaban J connectivity index is 1.36. The minimum Gasteiger partial charge on any atom is -0.484 e. The molecule has 5 rings (SSSR count). The quantitative estimate of drug-likeness (QED) is 0.852. The molecular weight excluding hydrogens is 354 g/mol. The standard InChI is InChI=1S/C19H24BrNO2/c1-12-4-16(2-3-17(12)20)23-11-18(22)21-19-8-13-5-14(9-19)7-15(6-13)10-19/h2-4,13-15H,5-11H2,1H3,(H,21,22). The summed E-state index contributed by atoms with van der Waals surface area (Å²) in [5.74, 6) is 3.32. The molecule has 4 bridgehead atoms. The largest absolute Gasteiger partial charge is 0.484 e. The molecule has 1 aromatic rings. The van der Waals surface area contributed by atoms with E-state index < -0.39 is 0 Å². The maximum Gasteiger partial charge on any atom is 0.258 e. The van der Waals surface area contributed by atoms with Crippen molar-refractivity contribution in [1.29, 1.82) is 0 Å². The van der Waals surface area contributed by atoms with Gasteiger partial charge in [0.1, 0.15) is 5.75 Å². The summed E-state index contributed by atoms with van der Waals surface area (Å²) in [7, 11) is 0. The van der Waals surface area contributed by atoms with Crippen LogP contribution in [0.3, 0.4) is 0 Å². The number of aryl methyl sites for hydroxylation is 1. The lowest BCUT2D eigenvalue weighted by Crippen LogP contribution is -2.60. The van der Waals surface area contributed by atoms with E-state index >= 15 is 0 Å². The van der Waals surface area contributed by atoms with Crippen LogP contribution in [0.5, 0.6) is 5.75 Å². The van der Waals surface area contributed by atoms with Crippen molar-refractivity contribution in [1.82, 2.24) is 5.32 Å². The number of carbonyl (C=O) groups is 1. The first-order valence-electron chi connectivity index (χ1n) is 8.71. The Bertz CT molecular complexity index is 593. The normalized spacial score (nSPS) is 34.4. The van der Waals surface area contributed by atoms with E-state index in [0.29, 0.717) is 0 Å². The van der Waals surface area contributed by atoms with Crippen molar-refractivity contribution in [3.63, 3.8) is 0 Å². The SMILES string of the molecule is Cc1cc(OCC(=O)NC23CC4CC(CC(C4)C2)C3)ccc1Br. The van der Waals surface area contributed by atoms with Gasteiger partial charge in [-0.05, 0) is 87.0 Å². The lowest BCUT2D eigenvalue weighted by atomic mass is 9.53. The van der Waals surface area contributed by atoms with Crippen LogP contribution in [0.15, 0.2) is 22.7 Å². The molecule has 124 valence electrons. The molecule has 0 heterocycles. The molecule has 0 saturated heterocycles. The van der Waals surface area contributed by atoms with Crippen molar-refractivity contribution in [2.24, 2.45) is 17.8 Å². The van der Waals surface area contributed by atoms with E-state index in [1.807, 2.05) is 25.1 Å². The van der Waals surface area contributed by atoms with E-state index in [1.165, 1.54) is 38.5 Å². The average Bonchev–Trinajstić information content (AvgIpc) is 2.46. The van der Waals surface area contributed by atoms with Crippen molar-refractivity contribution in [2.45, 2.75) is 51.0 Å². The van der Waals surface area contributed by atoms with Crippen LogP contribution in [-0.2, 0) is 4.79 Å². The number of ether oxygens (including phenoxy) is 1. The maximum atomic E-state index is 12.4. The summed E-state index contributed by atoms with van der Waals surface area (Å²) in [6.45, 7) is 2.13. The zero-order valence-electron chi connectivity index (χ0n) is 13.6. The first kappa shape index (κ1) is 15.5. The number of rotatable bonds is 4. The molecule has 4 saturated carbocycles. The van der Waals surface area contributed by atoms with Gasteiger partial charge in [0.15, 0.2) is 6.61 Å². The summed E-state index contributed by atoms with van der Waals surface area (Å²) in [6.07, 6.45) is 7.73. The summed E-state index contributed by atoms with van der Waals surface area (Å²) < 4.78 is 6.74. The summed E-state index contributed by atoms with van der Waals surface area (Å²) >= 11 is 3.48. The first-order valence-corrected chi connectivity index (χ1v) is 9.51. The molecule has 23 heavy (non-hydrogen) atoms. The predicted octanol–water partition coefficient (Wildman–Crippen LogP) is 4.22. The first-order chi connectivity index (χ1) is 11.0. The minimum absolute atomic E-state index is 0.0347. The minimum atomic E-state index is 0.0347. The molecule has 0 atom stereocenters. The van der Waals surface area contributed by atoms with E-state index in [9.17, 15) is 4.79 Å². The Hall–Kier alpha value is -1.03. The van der Waals surface area contributed by atoms with Crippen molar-refractivity contribution < 1.29 is 9.53 Å². The highest BCUT2D eigenvalue weighted by Crippen LogP contribution is 2.55. The Kier molecular flexibility index (Phi) is 3.91. The van der Waals surface area contributed by atoms with Gasteiger partial charge in [0.25, 0.3) is 5.91 Å². The molecule has 0 radical (unpaired) electrons. The maximum absolute atomic E-state index is 12.4. The van der Waals surface area contributed by atoms with Gasteiger partial charge in [-0.1, -0.05) is 15.9 Å². The van der Waals surface area contributed by atoms with Gasteiger partial charge in [-0.25, -0.2) is 0 Å². The van der Waals surface area contributed by atoms with Gasteiger partial charge < -0.3 is 10.1 Å². The second-order valence-corrected chi connectivity index (χ2v) is 8.80. The Morgan fingerprint density at radius 1 is 1.22 bits per heavy atom. The third-order valence-corrected chi connectivity index (χ3v) is 6.83. The fourth-order valence-corrected chi connectivity index (χ4v) is 5.70. The second kappa shape index (κ2) is 5.80. The van der Waals surface area contributed by atoms with Crippen LogP contribution in [0.25, 0.3) is 0 Å². The van der Waals surface area contributed by atoms with Gasteiger partial charge in [0.2, 0.25) is 0 Å². The zero-order valence-corrected chi connectivity index (χ0v) is 15.2. The summed E-state index contributed by atoms with van der Waals surface area (Å²) in [6, 6.07) is 5.82. The third-order valence-electron chi connectivity index (χ3n) is 5.94. The number of hydrogen-bond donors (Lipinski definition) is 1. The Morgan fingerprint density at radius 3 is 2.39 bits per heavy atom. The number of hydrogen-bond acceptors (Lipinski definition) is 2. The highest BCUT2D eigenvalue weighted by atomic mass is 79.9. The van der Waals surface area contributed by atoms with Crippen molar-refractivity contribution in [3.05, 3.63) is 28.2 Å². The Labute approximate surface area is 146 Å². The van der Waals surface area contributed by atoms with Gasteiger partial charge in [-0.2, -0.15) is 0 Å². The molecule has 4 heteroatoms. The summed E-state index contributed by atoms with van der Waals surface area (Å²) in [5, 5.41) is 3.35. The van der Waals surface area contributed by atoms with Crippen molar-refractivity contribution >= 4 is 21.8 Å². The molecule has 4 aliphatic rings. The molecule has 1 N–H and O–H groups in total. The van der Waals surface area contributed by atoms with Crippen LogP contribution in [0, 0.1) is 24.7 Å².